The van der Waals surface area contributed by atoms with Crippen LogP contribution >= 0.6 is 0 Å². The zero-order chi connectivity index (χ0) is 40.8. The third-order valence-electron chi connectivity index (χ3n) is 14.1. The summed E-state index contributed by atoms with van der Waals surface area (Å²) in [7, 11) is -1.95. The Bertz CT molecular complexity index is 1550. The minimum Gasteiger partial charge on any atom is -0.392 e. The lowest BCUT2D eigenvalue weighted by atomic mass is 9.78. The highest BCUT2D eigenvalue weighted by Crippen LogP contribution is 2.50. The molecule has 57 heavy (non-hydrogen) atoms. The van der Waals surface area contributed by atoms with Gasteiger partial charge < -0.3 is 48.7 Å². The SMILES string of the molecule is C=C1C[C@@H]2CC[C@]34CC[C@H](O3)[C@@H]3O[C@H]5CC[C@H](CC(=O)CC6[C@H](CC7O[C@@H](CCC1O2)C[C@@H](C)C7=C)O[C@H](C[C@H](O)CN)[C@@H]6C)O[C@@H]5[C@H](O4)[C@@H]3OC.CS(=O)(=O)O. The fourth-order valence-corrected chi connectivity index (χ4v) is 11.0. The van der Waals surface area contributed by atoms with Crippen LogP contribution in [0.3, 0.4) is 0 Å². The maximum atomic E-state index is 14.0. The van der Waals surface area contributed by atoms with Gasteiger partial charge in [-0.25, -0.2) is 0 Å². The van der Waals surface area contributed by atoms with Gasteiger partial charge in [-0.1, -0.05) is 27.0 Å². The van der Waals surface area contributed by atoms with Gasteiger partial charge in [0, 0.05) is 52.2 Å². The van der Waals surface area contributed by atoms with Crippen molar-refractivity contribution < 1.29 is 60.8 Å². The molecule has 15 heteroatoms. The minimum atomic E-state index is -3.67. The molecule has 4 N–H and O–H groups in total. The van der Waals surface area contributed by atoms with E-state index in [1.165, 1.54) is 0 Å². The summed E-state index contributed by atoms with van der Waals surface area (Å²) in [5.41, 5.74) is 8.06. The molecule has 0 radical (unpaired) electrons. The lowest BCUT2D eigenvalue weighted by Crippen LogP contribution is -2.64. The summed E-state index contributed by atoms with van der Waals surface area (Å²) in [5, 5.41) is 10.5. The Labute approximate surface area is 338 Å². The predicted molar refractivity (Wildman–Crippen MR) is 209 cm³/mol. The van der Waals surface area contributed by atoms with Crippen LogP contribution in [-0.2, 0) is 52.8 Å². The molecule has 8 aliphatic heterocycles. The third kappa shape index (κ3) is 10.1. The van der Waals surface area contributed by atoms with E-state index >= 15 is 0 Å². The van der Waals surface area contributed by atoms with Gasteiger partial charge in [0.25, 0.3) is 10.1 Å². The van der Waals surface area contributed by atoms with Gasteiger partial charge in [-0.2, -0.15) is 8.42 Å². The Balaban J connectivity index is 0.000000935. The van der Waals surface area contributed by atoms with E-state index in [0.717, 1.165) is 68.9 Å². The molecule has 324 valence electrons. The first-order valence-corrected chi connectivity index (χ1v) is 23.2. The number of hydrogen-bond donors (Lipinski definition) is 3. The molecule has 18 atom stereocenters. The molecule has 8 rings (SSSR count). The van der Waals surface area contributed by atoms with Crippen molar-refractivity contribution in [1.29, 1.82) is 0 Å². The number of ether oxygens (including phenoxy) is 8. The normalized spacial score (nSPS) is 47.0. The number of aliphatic hydroxyl groups is 1. The number of carbonyl (C=O) groups excluding carboxylic acids is 1. The molecule has 0 amide bonds. The molecule has 8 aliphatic rings. The Morgan fingerprint density at radius 2 is 1.53 bits per heavy atom. The van der Waals surface area contributed by atoms with E-state index in [1.54, 1.807) is 7.11 Å². The van der Waals surface area contributed by atoms with E-state index in [0.29, 0.717) is 44.3 Å². The molecule has 8 fully saturated rings. The second-order valence-electron chi connectivity index (χ2n) is 18.3. The lowest BCUT2D eigenvalue weighted by molar-refractivity contribution is -0.302. The largest absolute Gasteiger partial charge is 0.392 e. The molecular formula is C42H67NO13S. The molecule has 8 heterocycles. The number of ketones is 1. The fourth-order valence-electron chi connectivity index (χ4n) is 11.0. The molecule has 1 spiro atoms. The lowest BCUT2D eigenvalue weighted by Gasteiger charge is -2.50. The van der Waals surface area contributed by atoms with Crippen molar-refractivity contribution in [2.45, 2.75) is 195 Å². The van der Waals surface area contributed by atoms with E-state index in [-0.39, 0.29) is 104 Å². The zero-order valence-electron chi connectivity index (χ0n) is 34.2. The highest BCUT2D eigenvalue weighted by atomic mass is 32.2. The number of carbonyl (C=O) groups is 1. The first-order chi connectivity index (χ1) is 27.0. The van der Waals surface area contributed by atoms with E-state index < -0.39 is 22.0 Å². The maximum Gasteiger partial charge on any atom is 0.261 e. The second-order valence-corrected chi connectivity index (χ2v) is 19.8. The molecule has 0 saturated carbocycles. The van der Waals surface area contributed by atoms with Crippen molar-refractivity contribution >= 4 is 15.9 Å². The van der Waals surface area contributed by atoms with Crippen LogP contribution in [0.1, 0.15) is 104 Å². The van der Waals surface area contributed by atoms with Crippen LogP contribution in [0.2, 0.25) is 0 Å². The average Bonchev–Trinajstić information content (AvgIpc) is 3.80. The molecule has 0 aliphatic carbocycles. The van der Waals surface area contributed by atoms with Crippen LogP contribution in [-0.4, -0.2) is 135 Å². The summed E-state index contributed by atoms with van der Waals surface area (Å²) in [4.78, 5) is 14.0. The Kier molecular flexibility index (Phi) is 13.8. The highest BCUT2D eigenvalue weighted by Gasteiger charge is 2.61. The standard InChI is InChI=1S/C41H63NO10.CH4O3S/c1-21-14-27-6-8-31-22(2)15-29(46-31)10-12-41-13-11-33(51-41)38-39(45-5)40(52-41)37-32(50-38)9-7-28(48-37)16-25(43)17-30-24(4)34(18-26(44)20-42)49-36(30)19-35(47-27)23(21)3;1-5(2,3)4/h21,24,26-40,44H,2-3,6-20,42H2,1,4-5H3;1H3,(H,2,3,4)/t21-,24-,26+,27+,28-,29+,30?,31?,32+,33+,34-,35?,36+,37+,38+,39-,40+,41+;/m1./s1. The van der Waals surface area contributed by atoms with E-state index in [9.17, 15) is 18.3 Å². The molecule has 0 aromatic heterocycles. The third-order valence-corrected chi connectivity index (χ3v) is 14.1. The number of methoxy groups -OCH3 is 1. The van der Waals surface area contributed by atoms with Crippen LogP contribution in [0, 0.1) is 17.8 Å². The number of fused-ring (bicyclic) bond motifs is 9. The molecule has 0 aromatic rings. The van der Waals surface area contributed by atoms with E-state index in [1.807, 2.05) is 0 Å². The van der Waals surface area contributed by atoms with Crippen molar-refractivity contribution in [2.75, 3.05) is 19.9 Å². The number of Topliss-reactive ketones (excluding diaryl/α,β-unsaturated/α-hetero) is 1. The van der Waals surface area contributed by atoms with Gasteiger partial charge in [0.15, 0.2) is 5.79 Å². The van der Waals surface area contributed by atoms with Crippen molar-refractivity contribution in [2.24, 2.45) is 23.5 Å². The first-order valence-electron chi connectivity index (χ1n) is 21.4. The average molecular weight is 826 g/mol. The number of nitrogens with two attached hydrogens (primary N) is 1. The number of rotatable bonds is 4. The Hall–Kier alpha value is -1.34. The molecule has 14 nitrogen and oxygen atoms in total. The summed E-state index contributed by atoms with van der Waals surface area (Å²) >= 11 is 0. The fraction of sp³-hybridized carbons (Fsp3) is 0.881. The topological polar surface area (TPSA) is 192 Å². The van der Waals surface area contributed by atoms with Crippen LogP contribution < -0.4 is 5.73 Å². The second kappa shape index (κ2) is 17.9. The molecule has 0 aromatic carbocycles. The molecule has 8 saturated heterocycles. The van der Waals surface area contributed by atoms with Crippen molar-refractivity contribution in [1.82, 2.24) is 0 Å². The summed E-state index contributed by atoms with van der Waals surface area (Å²) in [6.45, 7) is 13.5. The summed E-state index contributed by atoms with van der Waals surface area (Å²) < 4.78 is 79.6. The van der Waals surface area contributed by atoms with Crippen LogP contribution in [0.15, 0.2) is 24.3 Å². The Morgan fingerprint density at radius 1 is 0.825 bits per heavy atom. The monoisotopic (exact) mass is 825 g/mol. The smallest absolute Gasteiger partial charge is 0.261 e. The molecular weight excluding hydrogens is 759 g/mol. The quantitative estimate of drug-likeness (QED) is 0.270. The van der Waals surface area contributed by atoms with Gasteiger partial charge in [0.2, 0.25) is 0 Å². The van der Waals surface area contributed by atoms with Crippen LogP contribution in [0.5, 0.6) is 0 Å². The number of aliphatic hydroxyl groups excluding tert-OH is 1. The van der Waals surface area contributed by atoms with Crippen LogP contribution in [0.4, 0.5) is 0 Å². The van der Waals surface area contributed by atoms with Gasteiger partial charge in [-0.05, 0) is 80.3 Å². The minimum absolute atomic E-state index is 0.00177. The highest BCUT2D eigenvalue weighted by molar-refractivity contribution is 7.85. The number of hydrogen-bond acceptors (Lipinski definition) is 13. The van der Waals surface area contributed by atoms with Crippen molar-refractivity contribution in [3.63, 3.8) is 0 Å². The van der Waals surface area contributed by atoms with E-state index in [2.05, 4.69) is 27.0 Å². The van der Waals surface area contributed by atoms with Crippen molar-refractivity contribution in [3.05, 3.63) is 24.3 Å². The van der Waals surface area contributed by atoms with Crippen molar-refractivity contribution in [3.8, 4) is 0 Å². The van der Waals surface area contributed by atoms with Crippen LogP contribution in [0.25, 0.3) is 0 Å². The van der Waals surface area contributed by atoms with Gasteiger partial charge in [-0.3, -0.25) is 9.35 Å². The van der Waals surface area contributed by atoms with Gasteiger partial charge in [-0.15, -0.1) is 0 Å². The van der Waals surface area contributed by atoms with Gasteiger partial charge in [0.05, 0.1) is 67.3 Å². The molecule has 3 unspecified atom stereocenters. The molecule has 10 bridgehead atoms. The zero-order valence-corrected chi connectivity index (χ0v) is 35.0. The van der Waals surface area contributed by atoms with Gasteiger partial charge >= 0.3 is 0 Å². The first kappa shape index (κ1) is 43.7. The summed E-state index contributed by atoms with van der Waals surface area (Å²) in [6, 6.07) is 0. The van der Waals surface area contributed by atoms with Gasteiger partial charge in [0.1, 0.15) is 30.2 Å². The van der Waals surface area contributed by atoms with E-state index in [4.69, 9.17) is 48.2 Å². The predicted octanol–water partition coefficient (Wildman–Crippen LogP) is 4.20. The summed E-state index contributed by atoms with van der Waals surface area (Å²) in [6.07, 6.45) is 7.87. The maximum absolute atomic E-state index is 14.0. The summed E-state index contributed by atoms with van der Waals surface area (Å²) in [5.74, 6) is -0.232. The Morgan fingerprint density at radius 3 is 2.26 bits per heavy atom.